The topological polar surface area (TPSA) is 216 Å². The van der Waals surface area contributed by atoms with Crippen LogP contribution in [0.15, 0.2) is 48.5 Å². The molecule has 6 rings (SSSR count). The van der Waals surface area contributed by atoms with Gasteiger partial charge < -0.3 is 25.9 Å². The summed E-state index contributed by atoms with van der Waals surface area (Å²) in [5.74, 6) is -0.549. The predicted octanol–water partition coefficient (Wildman–Crippen LogP) is 3.13. The lowest BCUT2D eigenvalue weighted by Gasteiger charge is -2.13. The van der Waals surface area contributed by atoms with Crippen LogP contribution in [-0.2, 0) is 26.2 Å². The van der Waals surface area contributed by atoms with E-state index in [0.29, 0.717) is 70.6 Å². The Bertz CT molecular complexity index is 2200. The summed E-state index contributed by atoms with van der Waals surface area (Å²) < 4.78 is 7.13. The number of fused-ring (bicyclic) bond motifs is 2. The Kier molecular flexibility index (Phi) is 9.86. The molecule has 0 spiro atoms. The van der Waals surface area contributed by atoms with E-state index in [-0.39, 0.29) is 5.91 Å². The molecule has 2 aromatic carbocycles. The molecule has 49 heavy (non-hydrogen) atoms. The summed E-state index contributed by atoms with van der Waals surface area (Å²) in [6.07, 6.45) is 0.823. The third-order valence-corrected chi connectivity index (χ3v) is 7.85. The SMILES string of the molecule is CCn1nc(C)cc1C(=O)Nc1nc2cc(C(N)=O)ccc2n1CCn1c(NC)nc2cc(C(N)=O)ccc21.CCn1nc(C)cc1C=O. The first-order chi connectivity index (χ1) is 23.5. The molecule has 16 heteroatoms. The smallest absolute Gasteiger partial charge is 0.276 e. The minimum absolute atomic E-state index is 0.310. The summed E-state index contributed by atoms with van der Waals surface area (Å²) in [6, 6.07) is 13.6. The largest absolute Gasteiger partial charge is 0.366 e. The number of hydrogen-bond acceptors (Lipinski definition) is 9. The number of carbonyl (C=O) groups is 4. The van der Waals surface area contributed by atoms with Crippen molar-refractivity contribution < 1.29 is 19.2 Å². The van der Waals surface area contributed by atoms with Gasteiger partial charge in [-0.25, -0.2) is 9.97 Å². The highest BCUT2D eigenvalue weighted by molar-refractivity contribution is 6.03. The van der Waals surface area contributed by atoms with E-state index < -0.39 is 11.8 Å². The molecule has 0 bridgehead atoms. The highest BCUT2D eigenvalue weighted by Gasteiger charge is 2.20. The fourth-order valence-electron chi connectivity index (χ4n) is 5.55. The van der Waals surface area contributed by atoms with E-state index in [4.69, 9.17) is 11.5 Å². The van der Waals surface area contributed by atoms with Crippen LogP contribution in [0.4, 0.5) is 11.9 Å². The van der Waals surface area contributed by atoms with Crippen LogP contribution in [0.2, 0.25) is 0 Å². The summed E-state index contributed by atoms with van der Waals surface area (Å²) in [7, 11) is 1.76. The van der Waals surface area contributed by atoms with Crippen molar-refractivity contribution in [3.8, 4) is 0 Å². The van der Waals surface area contributed by atoms with Gasteiger partial charge in [-0.2, -0.15) is 10.2 Å². The standard InChI is InChI=1S/C26H28N10O3.C7H10N2O/c1-4-36-21(11-14(2)33-36)24(39)32-26-31-18-13-16(23(28)38)6-8-20(18)35(26)10-9-34-19-7-5-15(22(27)37)12-17(19)30-25(34)29-3;1-3-9-7(5-10)4-6(2)8-9/h5-8,11-13H,4,9-10H2,1-3H3,(H2,27,37)(H2,28,38)(H,29,30)(H,31,32,39);4-5H,3H2,1-2H3. The number of anilines is 2. The van der Waals surface area contributed by atoms with E-state index in [9.17, 15) is 19.2 Å². The molecule has 0 aliphatic carbocycles. The molecule has 0 aliphatic rings. The molecule has 4 heterocycles. The molecule has 0 radical (unpaired) electrons. The zero-order valence-corrected chi connectivity index (χ0v) is 27.9. The van der Waals surface area contributed by atoms with E-state index in [0.717, 1.165) is 29.7 Å². The van der Waals surface area contributed by atoms with E-state index in [1.165, 1.54) is 0 Å². The Hall–Kier alpha value is -6.32. The number of nitrogens with zero attached hydrogens (tertiary/aromatic N) is 8. The normalized spacial score (nSPS) is 11.0. The van der Waals surface area contributed by atoms with Gasteiger partial charge in [-0.05, 0) is 76.2 Å². The van der Waals surface area contributed by atoms with Gasteiger partial charge in [0.1, 0.15) is 11.4 Å². The van der Waals surface area contributed by atoms with E-state index >= 15 is 0 Å². The number of primary amides is 2. The first-order valence-corrected chi connectivity index (χ1v) is 15.6. The Morgan fingerprint density at radius 1 is 0.755 bits per heavy atom. The molecule has 0 unspecified atom stereocenters. The first kappa shape index (κ1) is 34.0. The maximum absolute atomic E-state index is 13.2. The van der Waals surface area contributed by atoms with Crippen LogP contribution < -0.4 is 22.1 Å². The second-order valence-corrected chi connectivity index (χ2v) is 11.1. The van der Waals surface area contributed by atoms with Gasteiger partial charge in [-0.3, -0.25) is 33.9 Å². The predicted molar refractivity (Wildman–Crippen MR) is 185 cm³/mol. The molecule has 0 atom stereocenters. The van der Waals surface area contributed by atoms with Crippen molar-refractivity contribution in [1.29, 1.82) is 0 Å². The average molecular weight is 667 g/mol. The van der Waals surface area contributed by atoms with Gasteiger partial charge in [0.15, 0.2) is 6.29 Å². The Balaban J connectivity index is 0.000000402. The van der Waals surface area contributed by atoms with Gasteiger partial charge in [0.05, 0.1) is 33.5 Å². The molecule has 4 aromatic heterocycles. The third kappa shape index (κ3) is 7.02. The molecule has 16 nitrogen and oxygen atoms in total. The molecule has 254 valence electrons. The number of rotatable bonds is 11. The van der Waals surface area contributed by atoms with Crippen molar-refractivity contribution in [1.82, 2.24) is 38.7 Å². The minimum atomic E-state index is -0.571. The Labute approximate surface area is 281 Å². The van der Waals surface area contributed by atoms with Crippen LogP contribution in [0.3, 0.4) is 0 Å². The number of carbonyl (C=O) groups excluding carboxylic acids is 4. The van der Waals surface area contributed by atoms with Crippen LogP contribution in [0.1, 0.15) is 66.9 Å². The maximum atomic E-state index is 13.2. The molecule has 0 saturated heterocycles. The van der Waals surface area contributed by atoms with Crippen LogP contribution in [0.5, 0.6) is 0 Å². The van der Waals surface area contributed by atoms with Crippen molar-refractivity contribution in [3.63, 3.8) is 0 Å². The summed E-state index contributed by atoms with van der Waals surface area (Å²) in [5, 5.41) is 14.4. The van der Waals surface area contributed by atoms with Crippen molar-refractivity contribution in [2.75, 3.05) is 17.7 Å². The average Bonchev–Trinajstić information content (AvgIpc) is 3.84. The quantitative estimate of drug-likeness (QED) is 0.149. The van der Waals surface area contributed by atoms with Crippen molar-refractivity contribution in [2.24, 2.45) is 11.5 Å². The number of hydrogen-bond donors (Lipinski definition) is 4. The molecule has 0 aliphatic heterocycles. The number of benzene rings is 2. The summed E-state index contributed by atoms with van der Waals surface area (Å²) in [5.41, 5.74) is 16.9. The van der Waals surface area contributed by atoms with Gasteiger partial charge in [0, 0.05) is 44.4 Å². The minimum Gasteiger partial charge on any atom is -0.366 e. The Morgan fingerprint density at radius 2 is 1.27 bits per heavy atom. The summed E-state index contributed by atoms with van der Waals surface area (Å²) in [6.45, 7) is 9.69. The molecule has 3 amide bonds. The van der Waals surface area contributed by atoms with Crippen molar-refractivity contribution in [3.05, 3.63) is 82.4 Å². The van der Waals surface area contributed by atoms with Crippen LogP contribution in [0.25, 0.3) is 22.1 Å². The van der Waals surface area contributed by atoms with E-state index in [1.807, 2.05) is 36.8 Å². The molecule has 0 saturated carbocycles. The number of imidazole rings is 2. The van der Waals surface area contributed by atoms with Crippen molar-refractivity contribution >= 4 is 58.0 Å². The first-order valence-electron chi connectivity index (χ1n) is 15.6. The lowest BCUT2D eigenvalue weighted by molar-refractivity contribution is 0.0992. The highest BCUT2D eigenvalue weighted by atomic mass is 16.2. The molecule has 6 aromatic rings. The van der Waals surface area contributed by atoms with E-state index in [1.54, 1.807) is 64.9 Å². The third-order valence-electron chi connectivity index (χ3n) is 7.85. The van der Waals surface area contributed by atoms with Gasteiger partial charge in [-0.15, -0.1) is 0 Å². The fourth-order valence-corrected chi connectivity index (χ4v) is 5.55. The van der Waals surface area contributed by atoms with Crippen LogP contribution in [0, 0.1) is 13.8 Å². The molecule has 0 fully saturated rings. The monoisotopic (exact) mass is 666 g/mol. The fraction of sp³-hybridized carbons (Fsp3) is 0.273. The zero-order valence-electron chi connectivity index (χ0n) is 27.9. The van der Waals surface area contributed by atoms with Gasteiger partial charge in [-0.1, -0.05) is 0 Å². The second-order valence-electron chi connectivity index (χ2n) is 11.1. The number of amides is 3. The molecular formula is C33H38N12O4. The number of nitrogens with two attached hydrogens (primary N) is 2. The molecular weight excluding hydrogens is 628 g/mol. The van der Waals surface area contributed by atoms with E-state index in [2.05, 4.69) is 30.8 Å². The summed E-state index contributed by atoms with van der Waals surface area (Å²) >= 11 is 0. The number of aldehydes is 1. The van der Waals surface area contributed by atoms with Gasteiger partial charge in [0.2, 0.25) is 23.7 Å². The number of aromatic nitrogens is 8. The number of nitrogens with one attached hydrogen (secondary N) is 2. The lowest BCUT2D eigenvalue weighted by atomic mass is 10.2. The van der Waals surface area contributed by atoms with Crippen LogP contribution >= 0.6 is 0 Å². The van der Waals surface area contributed by atoms with Gasteiger partial charge >= 0.3 is 0 Å². The highest BCUT2D eigenvalue weighted by Crippen LogP contribution is 2.25. The second kappa shape index (κ2) is 14.2. The lowest BCUT2D eigenvalue weighted by Crippen LogP contribution is -2.20. The molecule has 6 N–H and O–H groups in total. The van der Waals surface area contributed by atoms with Gasteiger partial charge in [0.25, 0.3) is 5.91 Å². The number of aryl methyl sites for hydroxylation is 6. The van der Waals surface area contributed by atoms with Crippen molar-refractivity contribution in [2.45, 2.75) is 53.9 Å². The van der Waals surface area contributed by atoms with Crippen LogP contribution in [-0.4, -0.2) is 69.7 Å². The maximum Gasteiger partial charge on any atom is 0.276 e. The zero-order chi connectivity index (χ0) is 35.4. The summed E-state index contributed by atoms with van der Waals surface area (Å²) in [4.78, 5) is 56.2. The Morgan fingerprint density at radius 3 is 1.76 bits per heavy atom.